The van der Waals surface area contributed by atoms with Crippen molar-refractivity contribution in [1.29, 1.82) is 0 Å². The second-order valence-electron chi connectivity index (χ2n) is 3.94. The molecule has 0 aliphatic carbocycles. The highest BCUT2D eigenvalue weighted by atomic mass is 16.5. The smallest absolute Gasteiger partial charge is 0.122 e. The lowest BCUT2D eigenvalue weighted by Gasteiger charge is -2.13. The molecule has 90 valence electrons. The molecule has 1 aromatic rings. The van der Waals surface area contributed by atoms with E-state index in [9.17, 15) is 0 Å². The van der Waals surface area contributed by atoms with Crippen LogP contribution >= 0.6 is 0 Å². The van der Waals surface area contributed by atoms with Crippen molar-refractivity contribution in [2.45, 2.75) is 13.3 Å². The molecule has 1 rings (SSSR count). The third kappa shape index (κ3) is 4.21. The highest BCUT2D eigenvalue weighted by Crippen LogP contribution is 2.21. The minimum Gasteiger partial charge on any atom is -0.491 e. The van der Waals surface area contributed by atoms with Gasteiger partial charge in [-0.3, -0.25) is 0 Å². The van der Waals surface area contributed by atoms with Gasteiger partial charge in [-0.1, -0.05) is 25.1 Å². The first-order valence-corrected chi connectivity index (χ1v) is 5.58. The Morgan fingerprint density at radius 3 is 2.69 bits per heavy atom. The quantitative estimate of drug-likeness (QED) is 0.719. The van der Waals surface area contributed by atoms with E-state index in [1.165, 1.54) is 0 Å². The van der Waals surface area contributed by atoms with Crippen LogP contribution in [0, 0.1) is 5.92 Å². The maximum absolute atomic E-state index is 9.04. The van der Waals surface area contributed by atoms with Gasteiger partial charge in [0.15, 0.2) is 0 Å². The minimum atomic E-state index is 0.201. The number of ether oxygens (including phenoxy) is 2. The molecule has 1 atom stereocenters. The summed E-state index contributed by atoms with van der Waals surface area (Å²) in [6.07, 6.45) is 0.833. The summed E-state index contributed by atoms with van der Waals surface area (Å²) in [6, 6.07) is 7.93. The van der Waals surface area contributed by atoms with Crippen LogP contribution in [0.4, 0.5) is 0 Å². The summed E-state index contributed by atoms with van der Waals surface area (Å²) in [4.78, 5) is 0. The average Bonchev–Trinajstić information content (AvgIpc) is 2.31. The summed E-state index contributed by atoms with van der Waals surface area (Å²) in [6.45, 7) is 3.36. The Bertz CT molecular complexity index is 299. The molecule has 1 aromatic carbocycles. The Labute approximate surface area is 97.0 Å². The first-order chi connectivity index (χ1) is 7.77. The summed E-state index contributed by atoms with van der Waals surface area (Å²) in [7, 11) is 1.66. The van der Waals surface area contributed by atoms with Gasteiger partial charge in [0.1, 0.15) is 12.4 Å². The van der Waals surface area contributed by atoms with Crippen LogP contribution < -0.4 is 4.74 Å². The molecule has 0 spiro atoms. The lowest BCUT2D eigenvalue weighted by atomic mass is 10.0. The van der Waals surface area contributed by atoms with Crippen LogP contribution in [0.25, 0.3) is 0 Å². The fourth-order valence-electron chi connectivity index (χ4n) is 1.49. The lowest BCUT2D eigenvalue weighted by Crippen LogP contribution is -2.09. The first-order valence-electron chi connectivity index (χ1n) is 5.58. The second-order valence-corrected chi connectivity index (χ2v) is 3.94. The molecule has 3 nitrogen and oxygen atoms in total. The standard InChI is InChI=1S/C13H20O3/c1-11(10-14)9-12-5-3-4-6-13(12)16-8-7-15-2/h3-6,11,14H,7-10H2,1-2H3. The maximum atomic E-state index is 9.04. The Morgan fingerprint density at radius 1 is 1.25 bits per heavy atom. The first kappa shape index (κ1) is 13.0. The Balaban J connectivity index is 2.60. The van der Waals surface area contributed by atoms with Crippen molar-refractivity contribution in [3.8, 4) is 5.75 Å². The summed E-state index contributed by atoms with van der Waals surface area (Å²) in [5, 5.41) is 9.04. The molecule has 0 amide bonds. The van der Waals surface area contributed by atoms with E-state index in [1.807, 2.05) is 31.2 Å². The maximum Gasteiger partial charge on any atom is 0.122 e. The van der Waals surface area contributed by atoms with E-state index >= 15 is 0 Å². The van der Waals surface area contributed by atoms with Gasteiger partial charge in [-0.15, -0.1) is 0 Å². The van der Waals surface area contributed by atoms with Gasteiger partial charge in [0.25, 0.3) is 0 Å². The van der Waals surface area contributed by atoms with Gasteiger partial charge in [0.05, 0.1) is 6.61 Å². The molecule has 0 aliphatic rings. The third-order valence-electron chi connectivity index (χ3n) is 2.40. The van der Waals surface area contributed by atoms with Crippen LogP contribution in [0.3, 0.4) is 0 Å². The Morgan fingerprint density at radius 2 is 2.00 bits per heavy atom. The molecule has 0 bridgehead atoms. The van der Waals surface area contributed by atoms with Crippen LogP contribution in [0.2, 0.25) is 0 Å². The van der Waals surface area contributed by atoms with E-state index in [2.05, 4.69) is 0 Å². The fourth-order valence-corrected chi connectivity index (χ4v) is 1.49. The largest absolute Gasteiger partial charge is 0.491 e. The summed E-state index contributed by atoms with van der Waals surface area (Å²) < 4.78 is 10.6. The molecule has 0 saturated heterocycles. The third-order valence-corrected chi connectivity index (χ3v) is 2.40. The molecule has 1 N–H and O–H groups in total. The van der Waals surface area contributed by atoms with Crippen molar-refractivity contribution in [3.05, 3.63) is 29.8 Å². The summed E-state index contributed by atoms with van der Waals surface area (Å²) in [5.74, 6) is 1.15. The molecule has 3 heteroatoms. The molecular formula is C13H20O3. The van der Waals surface area contributed by atoms with E-state index in [0.717, 1.165) is 17.7 Å². The van der Waals surface area contributed by atoms with Crippen LogP contribution in [0.15, 0.2) is 24.3 Å². The van der Waals surface area contributed by atoms with E-state index in [0.29, 0.717) is 13.2 Å². The monoisotopic (exact) mass is 224 g/mol. The zero-order chi connectivity index (χ0) is 11.8. The zero-order valence-corrected chi connectivity index (χ0v) is 9.98. The molecule has 0 radical (unpaired) electrons. The molecule has 0 saturated carbocycles. The normalized spacial score (nSPS) is 12.4. The molecule has 0 fully saturated rings. The van der Waals surface area contributed by atoms with Gasteiger partial charge < -0.3 is 14.6 Å². The second kappa shape index (κ2) is 7.25. The number of aliphatic hydroxyl groups is 1. The SMILES string of the molecule is COCCOc1ccccc1CC(C)CO. The fraction of sp³-hybridized carbons (Fsp3) is 0.538. The summed E-state index contributed by atoms with van der Waals surface area (Å²) >= 11 is 0. The molecule has 0 heterocycles. The van der Waals surface area contributed by atoms with E-state index in [-0.39, 0.29) is 12.5 Å². The Hall–Kier alpha value is -1.06. The van der Waals surface area contributed by atoms with Gasteiger partial charge in [0.2, 0.25) is 0 Å². The predicted octanol–water partition coefficient (Wildman–Crippen LogP) is 1.88. The van der Waals surface area contributed by atoms with Gasteiger partial charge >= 0.3 is 0 Å². The predicted molar refractivity (Wildman–Crippen MR) is 63.8 cm³/mol. The van der Waals surface area contributed by atoms with E-state index < -0.39 is 0 Å². The van der Waals surface area contributed by atoms with Gasteiger partial charge in [-0.05, 0) is 24.0 Å². The molecule has 16 heavy (non-hydrogen) atoms. The van der Waals surface area contributed by atoms with Crippen molar-refractivity contribution in [2.75, 3.05) is 26.9 Å². The number of para-hydroxylation sites is 1. The average molecular weight is 224 g/mol. The van der Waals surface area contributed by atoms with Crippen molar-refractivity contribution in [3.63, 3.8) is 0 Å². The highest BCUT2D eigenvalue weighted by molar-refractivity contribution is 5.33. The number of methoxy groups -OCH3 is 1. The van der Waals surface area contributed by atoms with Crippen LogP contribution in [-0.4, -0.2) is 32.0 Å². The van der Waals surface area contributed by atoms with E-state index in [4.69, 9.17) is 14.6 Å². The van der Waals surface area contributed by atoms with Crippen molar-refractivity contribution >= 4 is 0 Å². The lowest BCUT2D eigenvalue weighted by molar-refractivity contribution is 0.145. The molecular weight excluding hydrogens is 204 g/mol. The van der Waals surface area contributed by atoms with Gasteiger partial charge in [-0.2, -0.15) is 0 Å². The number of aliphatic hydroxyl groups excluding tert-OH is 1. The highest BCUT2D eigenvalue weighted by Gasteiger charge is 2.07. The number of hydrogen-bond acceptors (Lipinski definition) is 3. The topological polar surface area (TPSA) is 38.7 Å². The Kier molecular flexibility index (Phi) is 5.90. The van der Waals surface area contributed by atoms with Crippen molar-refractivity contribution in [2.24, 2.45) is 5.92 Å². The number of benzene rings is 1. The summed E-state index contributed by atoms with van der Waals surface area (Å²) in [5.41, 5.74) is 1.14. The van der Waals surface area contributed by atoms with Crippen LogP contribution in [0.5, 0.6) is 5.75 Å². The zero-order valence-electron chi connectivity index (χ0n) is 9.98. The van der Waals surface area contributed by atoms with Crippen LogP contribution in [-0.2, 0) is 11.2 Å². The number of rotatable bonds is 7. The van der Waals surface area contributed by atoms with Crippen LogP contribution in [0.1, 0.15) is 12.5 Å². The molecule has 1 unspecified atom stereocenters. The van der Waals surface area contributed by atoms with Crippen molar-refractivity contribution < 1.29 is 14.6 Å². The van der Waals surface area contributed by atoms with Gasteiger partial charge in [-0.25, -0.2) is 0 Å². The molecule has 0 aliphatic heterocycles. The number of hydrogen-bond donors (Lipinski definition) is 1. The van der Waals surface area contributed by atoms with Gasteiger partial charge in [0, 0.05) is 13.7 Å². The molecule has 0 aromatic heterocycles. The van der Waals surface area contributed by atoms with E-state index in [1.54, 1.807) is 7.11 Å². The minimum absolute atomic E-state index is 0.201. The van der Waals surface area contributed by atoms with Crippen molar-refractivity contribution in [1.82, 2.24) is 0 Å².